The summed E-state index contributed by atoms with van der Waals surface area (Å²) in [5.41, 5.74) is 3.49. The number of hydrogen-bond donors (Lipinski definition) is 3. The second kappa shape index (κ2) is 12.5. The molecule has 2 heterocycles. The van der Waals surface area contributed by atoms with E-state index in [9.17, 15) is 15.3 Å². The van der Waals surface area contributed by atoms with Crippen LogP contribution < -0.4 is 0 Å². The highest BCUT2D eigenvalue weighted by Gasteiger charge is 2.63. The number of ether oxygens (including phenoxy) is 4. The first kappa shape index (κ1) is 28.8. The molecule has 0 radical (unpaired) electrons. The Kier molecular flexibility index (Phi) is 8.40. The molecule has 0 saturated heterocycles. The van der Waals surface area contributed by atoms with Crippen LogP contribution in [0.3, 0.4) is 0 Å². The van der Waals surface area contributed by atoms with E-state index in [0.29, 0.717) is 11.1 Å². The molecule has 0 saturated carbocycles. The van der Waals surface area contributed by atoms with Gasteiger partial charge in [0.1, 0.15) is 11.3 Å². The van der Waals surface area contributed by atoms with E-state index in [-0.39, 0.29) is 25.6 Å². The Balaban J connectivity index is 1.39. The third-order valence-corrected chi connectivity index (χ3v) is 7.34. The highest BCUT2D eigenvalue weighted by atomic mass is 16.7. The molecule has 1 aliphatic rings. The van der Waals surface area contributed by atoms with E-state index in [1.165, 1.54) is 6.08 Å². The molecule has 8 nitrogen and oxygen atoms in total. The Morgan fingerprint density at radius 2 is 1.28 bits per heavy atom. The minimum Gasteiger partial charge on any atom is -0.479 e. The van der Waals surface area contributed by atoms with E-state index >= 15 is 0 Å². The lowest BCUT2D eigenvalue weighted by molar-refractivity contribution is -0.420. The summed E-state index contributed by atoms with van der Waals surface area (Å²) in [5, 5.41) is 36.6. The van der Waals surface area contributed by atoms with Crippen molar-refractivity contribution in [2.24, 2.45) is 0 Å². The maximum atomic E-state index is 12.2. The first-order chi connectivity index (χ1) is 20.9. The number of rotatable bonds is 11. The Morgan fingerprint density at radius 1 is 0.698 bits per heavy atom. The van der Waals surface area contributed by atoms with Crippen LogP contribution in [0, 0.1) is 0 Å². The van der Waals surface area contributed by atoms with Crippen LogP contribution in [0.15, 0.2) is 132 Å². The van der Waals surface area contributed by atoms with Crippen LogP contribution in [-0.4, -0.2) is 39.3 Å². The van der Waals surface area contributed by atoms with E-state index in [0.717, 1.165) is 22.1 Å². The van der Waals surface area contributed by atoms with Crippen LogP contribution in [0.25, 0.3) is 16.7 Å². The summed E-state index contributed by atoms with van der Waals surface area (Å²) in [6, 6.07) is 34.8. The molecule has 43 heavy (non-hydrogen) atoms. The molecule has 4 atom stereocenters. The number of furan rings is 1. The van der Waals surface area contributed by atoms with Crippen molar-refractivity contribution in [3.8, 4) is 0 Å². The highest BCUT2D eigenvalue weighted by Crippen LogP contribution is 2.43. The zero-order chi connectivity index (χ0) is 29.7. The minimum atomic E-state index is -2.61. The molecule has 1 aliphatic heterocycles. The van der Waals surface area contributed by atoms with Crippen molar-refractivity contribution in [2.75, 3.05) is 0 Å². The van der Waals surface area contributed by atoms with Crippen molar-refractivity contribution in [1.29, 1.82) is 0 Å². The van der Waals surface area contributed by atoms with Gasteiger partial charge in [0.05, 0.1) is 26.1 Å². The number of aliphatic hydroxyl groups is 3. The van der Waals surface area contributed by atoms with Crippen LogP contribution in [0.4, 0.5) is 0 Å². The van der Waals surface area contributed by atoms with Crippen LogP contribution >= 0.6 is 0 Å². The maximum absolute atomic E-state index is 12.2. The first-order valence-corrected chi connectivity index (χ1v) is 13.9. The van der Waals surface area contributed by atoms with E-state index in [1.54, 1.807) is 24.5 Å². The van der Waals surface area contributed by atoms with Crippen molar-refractivity contribution >= 4 is 16.7 Å². The molecule has 5 aromatic rings. The smallest absolute Gasteiger partial charge is 0.269 e. The van der Waals surface area contributed by atoms with Crippen molar-refractivity contribution in [3.05, 3.63) is 150 Å². The maximum Gasteiger partial charge on any atom is 0.269 e. The van der Waals surface area contributed by atoms with Gasteiger partial charge in [-0.1, -0.05) is 91.0 Å². The SMILES string of the molecule is OC(OCc1ccccc1)[C@H]1OC(c2ccc3occc3c2)=C[C@](O)(OCc2ccccc2)[C@@]1(O)OCc1ccccc1. The van der Waals surface area contributed by atoms with Crippen LogP contribution in [0.1, 0.15) is 22.3 Å². The summed E-state index contributed by atoms with van der Waals surface area (Å²) >= 11 is 0. The third kappa shape index (κ3) is 6.25. The van der Waals surface area contributed by atoms with Crippen LogP contribution in [-0.2, 0) is 38.8 Å². The molecule has 4 aromatic carbocycles. The van der Waals surface area contributed by atoms with Gasteiger partial charge in [0, 0.05) is 17.0 Å². The lowest BCUT2D eigenvalue weighted by Gasteiger charge is -2.48. The number of hydrogen-bond acceptors (Lipinski definition) is 8. The topological polar surface area (TPSA) is 111 Å². The molecule has 0 aliphatic carbocycles. The van der Waals surface area contributed by atoms with Crippen molar-refractivity contribution in [3.63, 3.8) is 0 Å². The molecule has 8 heteroatoms. The second-order valence-corrected chi connectivity index (χ2v) is 10.3. The highest BCUT2D eigenvalue weighted by molar-refractivity contribution is 5.81. The largest absolute Gasteiger partial charge is 0.479 e. The molecule has 6 rings (SSSR count). The van der Waals surface area contributed by atoms with E-state index < -0.39 is 24.0 Å². The molecule has 0 bridgehead atoms. The van der Waals surface area contributed by atoms with Gasteiger partial charge in [-0.25, -0.2) is 0 Å². The molecule has 1 unspecified atom stereocenters. The third-order valence-electron chi connectivity index (χ3n) is 7.34. The molecule has 0 fully saturated rings. The molecule has 0 amide bonds. The summed E-state index contributed by atoms with van der Waals surface area (Å²) in [7, 11) is 0. The second-order valence-electron chi connectivity index (χ2n) is 10.3. The summed E-state index contributed by atoms with van der Waals surface area (Å²) in [6.07, 6.45) is -0.540. The van der Waals surface area contributed by atoms with Gasteiger partial charge >= 0.3 is 0 Å². The van der Waals surface area contributed by atoms with Crippen molar-refractivity contribution < 1.29 is 38.7 Å². The molecular formula is C35H32O8. The monoisotopic (exact) mass is 580 g/mol. The Morgan fingerprint density at radius 3 is 1.91 bits per heavy atom. The summed E-state index contributed by atoms with van der Waals surface area (Å²) in [4.78, 5) is 0. The fourth-order valence-electron chi connectivity index (χ4n) is 4.97. The number of benzene rings is 4. The standard InChI is InChI=1S/C35H32O8/c36-33(40-22-25-10-4-1-5-11-25)32-35(38,42-24-27-14-8-3-9-15-27)34(37,41-23-26-12-6-2-7-13-26)21-31(43-32)28-16-17-30-29(20-28)18-19-39-30/h1-21,32-33,36-38H,22-24H2/t32-,33?,34+,35+/m1/s1. The Hall–Kier alpha value is -4.28. The predicted octanol–water partition coefficient (Wildman–Crippen LogP) is 5.52. The lowest BCUT2D eigenvalue weighted by atomic mass is 9.92. The van der Waals surface area contributed by atoms with Gasteiger partial charge in [0.25, 0.3) is 5.79 Å². The number of aliphatic hydroxyl groups excluding tert-OH is 1. The van der Waals surface area contributed by atoms with E-state index in [2.05, 4.69) is 0 Å². The van der Waals surface area contributed by atoms with Crippen molar-refractivity contribution in [1.82, 2.24) is 0 Å². The van der Waals surface area contributed by atoms with E-state index in [4.69, 9.17) is 23.4 Å². The summed E-state index contributed by atoms with van der Waals surface area (Å²) < 4.78 is 29.6. The summed E-state index contributed by atoms with van der Waals surface area (Å²) in [6.45, 7) is -0.184. The lowest BCUT2D eigenvalue weighted by Crippen LogP contribution is -2.68. The van der Waals surface area contributed by atoms with E-state index in [1.807, 2.05) is 97.1 Å². The predicted molar refractivity (Wildman–Crippen MR) is 159 cm³/mol. The molecule has 3 N–H and O–H groups in total. The van der Waals surface area contributed by atoms with Gasteiger partial charge in [-0.2, -0.15) is 0 Å². The Bertz CT molecular complexity index is 1650. The van der Waals surface area contributed by atoms with Gasteiger partial charge in [-0.3, -0.25) is 0 Å². The average molecular weight is 581 g/mol. The summed E-state index contributed by atoms with van der Waals surface area (Å²) in [5.74, 6) is -4.95. The molecule has 1 aromatic heterocycles. The molecular weight excluding hydrogens is 548 g/mol. The normalized spacial score (nSPS) is 22.6. The number of fused-ring (bicyclic) bond motifs is 1. The zero-order valence-electron chi connectivity index (χ0n) is 23.3. The fraction of sp³-hybridized carbons (Fsp3) is 0.200. The molecule has 0 spiro atoms. The van der Waals surface area contributed by atoms with Crippen LogP contribution in [0.5, 0.6) is 0 Å². The van der Waals surface area contributed by atoms with Gasteiger partial charge < -0.3 is 38.7 Å². The quantitative estimate of drug-likeness (QED) is 0.175. The molecule has 220 valence electrons. The fourth-order valence-corrected chi connectivity index (χ4v) is 4.97. The van der Waals surface area contributed by atoms with Crippen molar-refractivity contribution in [2.45, 2.75) is 43.8 Å². The van der Waals surface area contributed by atoms with Gasteiger partial charge in [0.15, 0.2) is 6.29 Å². The minimum absolute atomic E-state index is 0.0138. The average Bonchev–Trinajstić information content (AvgIpc) is 3.53. The Labute approximate surface area is 249 Å². The van der Waals surface area contributed by atoms with Gasteiger partial charge in [0.2, 0.25) is 11.9 Å². The van der Waals surface area contributed by atoms with Crippen LogP contribution in [0.2, 0.25) is 0 Å². The zero-order valence-corrected chi connectivity index (χ0v) is 23.3. The van der Waals surface area contributed by atoms with Gasteiger partial charge in [-0.05, 0) is 41.0 Å². The first-order valence-electron chi connectivity index (χ1n) is 13.9. The van der Waals surface area contributed by atoms with Gasteiger partial charge in [-0.15, -0.1) is 0 Å².